The number of hydrogen-bond acceptors (Lipinski definition) is 7. The molecule has 0 atom stereocenters. The van der Waals surface area contributed by atoms with Gasteiger partial charge in [-0.1, -0.05) is 0 Å². The topological polar surface area (TPSA) is 108 Å². The number of nitrogens with one attached hydrogen (secondary N) is 1. The molecule has 0 saturated carbocycles. The van der Waals surface area contributed by atoms with Crippen LogP contribution in [0.5, 0.6) is 17.2 Å². The summed E-state index contributed by atoms with van der Waals surface area (Å²) in [5, 5.41) is 0. The molecule has 0 unspecified atom stereocenters. The van der Waals surface area contributed by atoms with Crippen molar-refractivity contribution in [1.29, 1.82) is 0 Å². The molecule has 0 fully saturated rings. The van der Waals surface area contributed by atoms with Crippen LogP contribution in [0.15, 0.2) is 54.9 Å². The molecule has 0 amide bonds. The Labute approximate surface area is 201 Å². The molecule has 3 rings (SSSR count). The second kappa shape index (κ2) is 11.2. The van der Waals surface area contributed by atoms with Gasteiger partial charge in [0.25, 0.3) is 0 Å². The molecular formula is C24H32N4O5S. The van der Waals surface area contributed by atoms with Gasteiger partial charge in [-0.3, -0.25) is 4.72 Å². The van der Waals surface area contributed by atoms with Gasteiger partial charge in [-0.05, 0) is 55.4 Å². The lowest BCUT2D eigenvalue weighted by Crippen LogP contribution is -2.26. The number of sulfonamides is 1. The number of benzene rings is 2. The lowest BCUT2D eigenvalue weighted by molar-refractivity contribution is 0.238. The van der Waals surface area contributed by atoms with Crippen molar-refractivity contribution in [3.8, 4) is 22.9 Å². The van der Waals surface area contributed by atoms with Crippen molar-refractivity contribution in [2.45, 2.75) is 6.42 Å². The molecule has 10 heteroatoms. The van der Waals surface area contributed by atoms with E-state index in [1.807, 2.05) is 42.2 Å². The number of nitrogen functional groups attached to an aromatic ring is 1. The fraction of sp³-hybridized carbons (Fsp3) is 0.333. The fourth-order valence-corrected chi connectivity index (χ4v) is 4.06. The van der Waals surface area contributed by atoms with E-state index < -0.39 is 10.0 Å². The summed E-state index contributed by atoms with van der Waals surface area (Å²) in [7, 11) is 1.83. The minimum absolute atomic E-state index is 0.463. The van der Waals surface area contributed by atoms with Crippen LogP contribution in [0.25, 0.3) is 5.69 Å². The average Bonchev–Trinajstić information content (AvgIpc) is 3.32. The number of rotatable bonds is 12. The van der Waals surface area contributed by atoms with E-state index in [1.165, 1.54) is 0 Å². The number of nitrogens with zero attached hydrogens (tertiary/aromatic N) is 2. The molecule has 34 heavy (non-hydrogen) atoms. The van der Waals surface area contributed by atoms with Crippen LogP contribution in [0.2, 0.25) is 0 Å². The third-order valence-electron chi connectivity index (χ3n) is 5.28. The predicted octanol–water partition coefficient (Wildman–Crippen LogP) is 3.00. The van der Waals surface area contributed by atoms with Crippen molar-refractivity contribution in [1.82, 2.24) is 9.47 Å². The number of methoxy groups -OCH3 is 2. The van der Waals surface area contributed by atoms with Crippen molar-refractivity contribution in [3.63, 3.8) is 0 Å². The summed E-state index contributed by atoms with van der Waals surface area (Å²) in [6.45, 7) is 1.94. The van der Waals surface area contributed by atoms with Crippen LogP contribution in [0.3, 0.4) is 0 Å². The summed E-state index contributed by atoms with van der Waals surface area (Å²) in [6, 6.07) is 12.7. The predicted molar refractivity (Wildman–Crippen MR) is 135 cm³/mol. The SMILES string of the molecule is COc1cc(N)c(CCN(C)CCOc2ccc(NS(C)(=O)=O)cc2-n2cccc2)cc1OC. The molecule has 1 heterocycles. The third kappa shape index (κ3) is 6.82. The molecule has 1 aromatic heterocycles. The first-order valence-electron chi connectivity index (χ1n) is 10.8. The zero-order valence-electron chi connectivity index (χ0n) is 19.9. The molecule has 3 N–H and O–H groups in total. The third-order valence-corrected chi connectivity index (χ3v) is 5.89. The van der Waals surface area contributed by atoms with Gasteiger partial charge in [0.15, 0.2) is 11.5 Å². The summed E-state index contributed by atoms with van der Waals surface area (Å²) < 4.78 is 44.3. The first kappa shape index (κ1) is 25.3. The number of ether oxygens (including phenoxy) is 3. The Bertz CT molecular complexity index is 1200. The van der Waals surface area contributed by atoms with Gasteiger partial charge in [-0.25, -0.2) is 8.42 Å². The number of anilines is 2. The lowest BCUT2D eigenvalue weighted by Gasteiger charge is -2.19. The first-order chi connectivity index (χ1) is 16.2. The molecule has 0 radical (unpaired) electrons. The highest BCUT2D eigenvalue weighted by molar-refractivity contribution is 7.92. The zero-order valence-corrected chi connectivity index (χ0v) is 20.8. The summed E-state index contributed by atoms with van der Waals surface area (Å²) in [5.74, 6) is 1.93. The Hall–Kier alpha value is -3.37. The summed E-state index contributed by atoms with van der Waals surface area (Å²) in [6.07, 6.45) is 5.64. The molecule has 0 spiro atoms. The highest BCUT2D eigenvalue weighted by atomic mass is 32.2. The second-order valence-corrected chi connectivity index (χ2v) is 9.70. The van der Waals surface area contributed by atoms with Gasteiger partial charge >= 0.3 is 0 Å². The van der Waals surface area contributed by atoms with E-state index in [0.29, 0.717) is 41.8 Å². The minimum Gasteiger partial charge on any atom is -0.493 e. The van der Waals surface area contributed by atoms with E-state index in [9.17, 15) is 8.42 Å². The smallest absolute Gasteiger partial charge is 0.229 e. The standard InChI is InChI=1S/C24H32N4O5S/c1-27(12-9-18-15-23(31-2)24(32-3)17-20(18)25)13-14-33-22-8-7-19(26-34(4,29)30)16-21(22)28-10-5-6-11-28/h5-8,10-11,15-17,26H,9,12-14,25H2,1-4H3. The second-order valence-electron chi connectivity index (χ2n) is 7.95. The minimum atomic E-state index is -3.38. The van der Waals surface area contributed by atoms with Crippen molar-refractivity contribution < 1.29 is 22.6 Å². The van der Waals surface area contributed by atoms with Crippen LogP contribution in [0.1, 0.15) is 5.56 Å². The van der Waals surface area contributed by atoms with Crippen LogP contribution >= 0.6 is 0 Å². The van der Waals surface area contributed by atoms with Crippen LogP contribution in [-0.2, 0) is 16.4 Å². The van der Waals surface area contributed by atoms with Crippen LogP contribution in [0.4, 0.5) is 11.4 Å². The van der Waals surface area contributed by atoms with Crippen molar-refractivity contribution >= 4 is 21.4 Å². The summed E-state index contributed by atoms with van der Waals surface area (Å²) >= 11 is 0. The Morgan fingerprint density at radius 3 is 2.32 bits per heavy atom. The number of aromatic nitrogens is 1. The Morgan fingerprint density at radius 2 is 1.68 bits per heavy atom. The van der Waals surface area contributed by atoms with E-state index in [1.54, 1.807) is 38.5 Å². The summed E-state index contributed by atoms with van der Waals surface area (Å²) in [4.78, 5) is 2.16. The molecule has 0 saturated heterocycles. The van der Waals surface area contributed by atoms with E-state index in [0.717, 1.165) is 30.5 Å². The molecule has 2 aromatic carbocycles. The van der Waals surface area contributed by atoms with E-state index in [2.05, 4.69) is 9.62 Å². The summed E-state index contributed by atoms with van der Waals surface area (Å²) in [5.41, 5.74) is 9.06. The maximum Gasteiger partial charge on any atom is 0.229 e. The quantitative estimate of drug-likeness (QED) is 0.377. The molecule has 3 aromatic rings. The van der Waals surface area contributed by atoms with Crippen molar-refractivity contribution in [3.05, 3.63) is 60.4 Å². The van der Waals surface area contributed by atoms with Crippen LogP contribution in [0, 0.1) is 0 Å². The molecule has 0 aliphatic rings. The maximum absolute atomic E-state index is 11.6. The molecular weight excluding hydrogens is 456 g/mol. The highest BCUT2D eigenvalue weighted by Gasteiger charge is 2.12. The van der Waals surface area contributed by atoms with E-state index in [4.69, 9.17) is 19.9 Å². The van der Waals surface area contributed by atoms with Gasteiger partial charge in [0.05, 0.1) is 31.9 Å². The molecule has 0 aliphatic heterocycles. The van der Waals surface area contributed by atoms with Gasteiger partial charge in [0, 0.05) is 37.2 Å². The van der Waals surface area contributed by atoms with Gasteiger partial charge in [0.1, 0.15) is 12.4 Å². The average molecular weight is 489 g/mol. The zero-order chi connectivity index (χ0) is 24.7. The molecule has 9 nitrogen and oxygen atoms in total. The van der Waals surface area contributed by atoms with Crippen molar-refractivity contribution in [2.75, 3.05) is 57.7 Å². The Balaban J connectivity index is 1.61. The van der Waals surface area contributed by atoms with Gasteiger partial charge in [0.2, 0.25) is 10.0 Å². The number of likely N-dealkylation sites (N-methyl/N-ethyl adjacent to an activating group) is 1. The van der Waals surface area contributed by atoms with Gasteiger partial charge in [-0.15, -0.1) is 0 Å². The first-order valence-corrected chi connectivity index (χ1v) is 12.7. The lowest BCUT2D eigenvalue weighted by atomic mass is 10.1. The monoisotopic (exact) mass is 488 g/mol. The number of hydrogen-bond donors (Lipinski definition) is 2. The molecule has 0 bridgehead atoms. The molecule has 184 valence electrons. The normalized spacial score (nSPS) is 11.4. The van der Waals surface area contributed by atoms with Gasteiger partial charge < -0.3 is 29.4 Å². The van der Waals surface area contributed by atoms with Crippen LogP contribution < -0.4 is 24.7 Å². The number of nitrogens with two attached hydrogens (primary N) is 1. The Kier molecular flexibility index (Phi) is 8.30. The van der Waals surface area contributed by atoms with Crippen molar-refractivity contribution in [2.24, 2.45) is 0 Å². The maximum atomic E-state index is 11.6. The largest absolute Gasteiger partial charge is 0.493 e. The molecule has 0 aliphatic carbocycles. The highest BCUT2D eigenvalue weighted by Crippen LogP contribution is 2.32. The van der Waals surface area contributed by atoms with E-state index >= 15 is 0 Å². The van der Waals surface area contributed by atoms with E-state index in [-0.39, 0.29) is 0 Å². The fourth-order valence-electron chi connectivity index (χ4n) is 3.50. The van der Waals surface area contributed by atoms with Crippen LogP contribution in [-0.4, -0.2) is 65.1 Å². The Morgan fingerprint density at radius 1 is 1.00 bits per heavy atom. The van der Waals surface area contributed by atoms with Gasteiger partial charge in [-0.2, -0.15) is 0 Å².